The highest BCUT2D eigenvalue weighted by Crippen LogP contribution is 2.19. The molecule has 0 aliphatic rings. The molecule has 2 aromatic rings. The fraction of sp³-hybridized carbons (Fsp3) is 0.400. The first-order valence-corrected chi connectivity index (χ1v) is 10.6. The van der Waals surface area contributed by atoms with E-state index >= 15 is 0 Å². The Kier molecular flexibility index (Phi) is 7.94. The van der Waals surface area contributed by atoms with Crippen LogP contribution in [-0.4, -0.2) is 21.6 Å². The lowest BCUT2D eigenvalue weighted by molar-refractivity contribution is 0.313. The van der Waals surface area contributed by atoms with Gasteiger partial charge in [-0.15, -0.1) is 0 Å². The molecule has 0 aliphatic carbocycles. The molecule has 0 unspecified atom stereocenters. The summed E-state index contributed by atoms with van der Waals surface area (Å²) in [5, 5.41) is 0. The van der Waals surface area contributed by atoms with Crippen LogP contribution in [-0.2, 0) is 16.4 Å². The van der Waals surface area contributed by atoms with Gasteiger partial charge in [-0.3, -0.25) is 0 Å². The molecule has 0 radical (unpaired) electrons. The zero-order valence-corrected chi connectivity index (χ0v) is 16.1. The van der Waals surface area contributed by atoms with E-state index < -0.39 is 10.0 Å². The van der Waals surface area contributed by atoms with Gasteiger partial charge in [0.15, 0.2) is 0 Å². The van der Waals surface area contributed by atoms with Crippen molar-refractivity contribution in [2.24, 2.45) is 0 Å². The first-order chi connectivity index (χ1) is 12.5. The topological polar surface area (TPSA) is 81.4 Å². The van der Waals surface area contributed by atoms with E-state index in [1.54, 1.807) is 24.3 Å². The van der Waals surface area contributed by atoms with Crippen LogP contribution in [0.2, 0.25) is 0 Å². The lowest BCUT2D eigenvalue weighted by Gasteiger charge is -2.10. The van der Waals surface area contributed by atoms with Crippen LogP contribution in [0.4, 0.5) is 5.69 Å². The van der Waals surface area contributed by atoms with Crippen molar-refractivity contribution in [3.63, 3.8) is 0 Å². The number of para-hydroxylation sites is 2. The number of unbranched alkanes of at least 4 members (excludes halogenated alkanes) is 2. The van der Waals surface area contributed by atoms with E-state index in [1.807, 2.05) is 24.3 Å². The van der Waals surface area contributed by atoms with Crippen LogP contribution in [0, 0.1) is 0 Å². The van der Waals surface area contributed by atoms with Crippen LogP contribution < -0.4 is 15.2 Å². The Morgan fingerprint density at radius 2 is 1.73 bits per heavy atom. The monoisotopic (exact) mass is 376 g/mol. The summed E-state index contributed by atoms with van der Waals surface area (Å²) in [4.78, 5) is 0.296. The Hall–Kier alpha value is -2.05. The van der Waals surface area contributed by atoms with Crippen molar-refractivity contribution in [3.8, 4) is 5.75 Å². The number of nitrogen functional groups attached to an aromatic ring is 1. The number of nitrogens with one attached hydrogen (secondary N) is 1. The molecule has 3 N–H and O–H groups in total. The molecular formula is C20H28N2O3S. The van der Waals surface area contributed by atoms with Crippen LogP contribution in [0.5, 0.6) is 5.75 Å². The number of hydrogen-bond acceptors (Lipinski definition) is 4. The molecule has 26 heavy (non-hydrogen) atoms. The summed E-state index contributed by atoms with van der Waals surface area (Å²) in [6.07, 6.45) is 5.05. The van der Waals surface area contributed by atoms with Crippen molar-refractivity contribution in [3.05, 3.63) is 54.1 Å². The van der Waals surface area contributed by atoms with Crippen molar-refractivity contribution in [2.45, 2.75) is 43.9 Å². The Balaban J connectivity index is 1.76. The predicted molar refractivity (Wildman–Crippen MR) is 106 cm³/mol. The Labute approximate surface area is 156 Å². The number of benzene rings is 2. The number of nitrogens with two attached hydrogens (primary N) is 1. The molecular weight excluding hydrogens is 348 g/mol. The van der Waals surface area contributed by atoms with Crippen LogP contribution in [0.1, 0.15) is 38.2 Å². The third kappa shape index (κ3) is 6.35. The number of hydrogen-bond donors (Lipinski definition) is 2. The Morgan fingerprint density at radius 3 is 2.42 bits per heavy atom. The molecule has 0 aliphatic heterocycles. The fourth-order valence-corrected chi connectivity index (χ4v) is 3.64. The molecule has 5 nitrogen and oxygen atoms in total. The van der Waals surface area contributed by atoms with Gasteiger partial charge >= 0.3 is 0 Å². The van der Waals surface area contributed by atoms with Crippen molar-refractivity contribution >= 4 is 15.7 Å². The van der Waals surface area contributed by atoms with Gasteiger partial charge in [0.1, 0.15) is 5.75 Å². The van der Waals surface area contributed by atoms with Gasteiger partial charge in [0.25, 0.3) is 0 Å². The van der Waals surface area contributed by atoms with E-state index in [1.165, 1.54) is 18.4 Å². The van der Waals surface area contributed by atoms with Gasteiger partial charge in [0.2, 0.25) is 10.0 Å². The normalized spacial score (nSPS) is 11.4. The summed E-state index contributed by atoms with van der Waals surface area (Å²) in [6, 6.07) is 14.4. The van der Waals surface area contributed by atoms with Crippen LogP contribution >= 0.6 is 0 Å². The van der Waals surface area contributed by atoms with Gasteiger partial charge in [-0.25, -0.2) is 13.1 Å². The van der Waals surface area contributed by atoms with E-state index in [2.05, 4.69) is 11.6 Å². The number of aryl methyl sites for hydroxylation is 1. The summed E-state index contributed by atoms with van der Waals surface area (Å²) in [5.41, 5.74) is 7.54. The SMILES string of the molecule is CCCCCc1ccc(S(=O)(=O)NCCCOc2ccccc2N)cc1. The summed E-state index contributed by atoms with van der Waals surface area (Å²) < 4.78 is 32.8. The lowest BCUT2D eigenvalue weighted by Crippen LogP contribution is -2.25. The maximum Gasteiger partial charge on any atom is 0.240 e. The van der Waals surface area contributed by atoms with Crippen LogP contribution in [0.3, 0.4) is 0 Å². The largest absolute Gasteiger partial charge is 0.491 e. The lowest BCUT2D eigenvalue weighted by atomic mass is 10.1. The van der Waals surface area contributed by atoms with Crippen molar-refractivity contribution in [1.82, 2.24) is 4.72 Å². The van der Waals surface area contributed by atoms with Crippen molar-refractivity contribution < 1.29 is 13.2 Å². The third-order valence-corrected chi connectivity index (χ3v) is 5.57. The molecule has 0 heterocycles. The molecule has 0 fully saturated rings. The van der Waals surface area contributed by atoms with Gasteiger partial charge in [0, 0.05) is 6.54 Å². The van der Waals surface area contributed by atoms with Gasteiger partial charge < -0.3 is 10.5 Å². The number of rotatable bonds is 11. The van der Waals surface area contributed by atoms with Crippen molar-refractivity contribution in [2.75, 3.05) is 18.9 Å². The number of sulfonamides is 1. The maximum absolute atomic E-state index is 12.3. The highest BCUT2D eigenvalue weighted by atomic mass is 32.2. The number of anilines is 1. The highest BCUT2D eigenvalue weighted by Gasteiger charge is 2.13. The standard InChI is InChI=1S/C20H28N2O3S/c1-2-3-4-8-17-11-13-18(14-12-17)26(23,24)22-15-7-16-25-20-10-6-5-9-19(20)21/h5-6,9-14,22H,2-4,7-8,15-16,21H2,1H3. The van der Waals surface area contributed by atoms with E-state index in [0.717, 1.165) is 12.8 Å². The van der Waals surface area contributed by atoms with Crippen LogP contribution in [0.15, 0.2) is 53.4 Å². The minimum Gasteiger partial charge on any atom is -0.491 e. The Morgan fingerprint density at radius 1 is 1.00 bits per heavy atom. The smallest absolute Gasteiger partial charge is 0.240 e. The van der Waals surface area contributed by atoms with E-state index in [4.69, 9.17) is 10.5 Å². The zero-order valence-electron chi connectivity index (χ0n) is 15.3. The van der Waals surface area contributed by atoms with Gasteiger partial charge in [-0.2, -0.15) is 0 Å². The highest BCUT2D eigenvalue weighted by molar-refractivity contribution is 7.89. The molecule has 0 aromatic heterocycles. The van der Waals surface area contributed by atoms with Gasteiger partial charge in [-0.05, 0) is 49.1 Å². The second-order valence-electron chi connectivity index (χ2n) is 6.24. The minimum atomic E-state index is -3.49. The second-order valence-corrected chi connectivity index (χ2v) is 8.01. The number of ether oxygens (including phenoxy) is 1. The molecule has 0 bridgehead atoms. The average molecular weight is 377 g/mol. The summed E-state index contributed by atoms with van der Waals surface area (Å²) in [7, 11) is -3.49. The minimum absolute atomic E-state index is 0.296. The summed E-state index contributed by atoms with van der Waals surface area (Å²) >= 11 is 0. The fourth-order valence-electron chi connectivity index (χ4n) is 2.57. The molecule has 0 spiro atoms. The van der Waals surface area contributed by atoms with E-state index in [9.17, 15) is 8.42 Å². The van der Waals surface area contributed by atoms with Gasteiger partial charge in [0.05, 0.1) is 17.2 Å². The first kappa shape index (κ1) is 20.3. The molecule has 0 amide bonds. The van der Waals surface area contributed by atoms with Crippen LogP contribution in [0.25, 0.3) is 0 Å². The van der Waals surface area contributed by atoms with Crippen molar-refractivity contribution in [1.29, 1.82) is 0 Å². The molecule has 0 saturated heterocycles. The Bertz CT molecular complexity index is 774. The molecule has 2 rings (SSSR count). The maximum atomic E-state index is 12.3. The molecule has 2 aromatic carbocycles. The molecule has 0 saturated carbocycles. The second kappa shape index (κ2) is 10.2. The van der Waals surface area contributed by atoms with E-state index in [0.29, 0.717) is 35.9 Å². The quantitative estimate of drug-likeness (QED) is 0.462. The average Bonchev–Trinajstić information content (AvgIpc) is 2.63. The van der Waals surface area contributed by atoms with E-state index in [-0.39, 0.29) is 0 Å². The zero-order chi connectivity index (χ0) is 18.8. The molecule has 6 heteroatoms. The summed E-state index contributed by atoms with van der Waals surface area (Å²) in [5.74, 6) is 0.619. The third-order valence-electron chi connectivity index (χ3n) is 4.09. The first-order valence-electron chi connectivity index (χ1n) is 9.09. The van der Waals surface area contributed by atoms with Gasteiger partial charge in [-0.1, -0.05) is 44.0 Å². The summed E-state index contributed by atoms with van der Waals surface area (Å²) in [6.45, 7) is 2.88. The molecule has 0 atom stereocenters. The molecule has 142 valence electrons. The predicted octanol–water partition coefficient (Wildman–Crippen LogP) is 3.75.